The van der Waals surface area contributed by atoms with Gasteiger partial charge >= 0.3 is 0 Å². The van der Waals surface area contributed by atoms with E-state index >= 15 is 0 Å². The van der Waals surface area contributed by atoms with Gasteiger partial charge < -0.3 is 11.5 Å². The normalized spacial score (nSPS) is 35.8. The molecule has 0 aromatic carbocycles. The molecule has 0 radical (unpaired) electrons. The van der Waals surface area contributed by atoms with Gasteiger partial charge in [-0.05, 0) is 29.6 Å². The molecule has 78 valence electrons. The summed E-state index contributed by atoms with van der Waals surface area (Å²) in [6.07, 6.45) is 2.06. The van der Waals surface area contributed by atoms with Gasteiger partial charge in [0.1, 0.15) is 0 Å². The Morgan fingerprint density at radius 2 is 1.46 bits per heavy atom. The maximum Gasteiger partial charge on any atom is 0.0668 e. The van der Waals surface area contributed by atoms with Crippen molar-refractivity contribution >= 4 is 0 Å². The molecule has 0 amide bonds. The summed E-state index contributed by atoms with van der Waals surface area (Å²) in [5.41, 5.74) is 12.3. The molecule has 0 saturated heterocycles. The lowest BCUT2D eigenvalue weighted by atomic mass is 9.52. The van der Waals surface area contributed by atoms with Crippen LogP contribution in [-0.4, -0.2) is 5.66 Å². The minimum atomic E-state index is -0.473. The molecule has 0 aliphatic heterocycles. The first-order chi connectivity index (χ1) is 5.61. The molecule has 1 aliphatic rings. The summed E-state index contributed by atoms with van der Waals surface area (Å²) in [7, 11) is 0. The smallest absolute Gasteiger partial charge is 0.0668 e. The summed E-state index contributed by atoms with van der Waals surface area (Å²) in [6, 6.07) is 0. The van der Waals surface area contributed by atoms with Crippen LogP contribution in [0.3, 0.4) is 0 Å². The maximum absolute atomic E-state index is 6.10. The Hall–Kier alpha value is -0.0800. The maximum atomic E-state index is 6.10. The topological polar surface area (TPSA) is 52.0 Å². The highest BCUT2D eigenvalue weighted by atomic mass is 15.0. The van der Waals surface area contributed by atoms with Crippen molar-refractivity contribution in [2.75, 3.05) is 0 Å². The summed E-state index contributed by atoms with van der Waals surface area (Å²) in [5.74, 6) is 0.365. The van der Waals surface area contributed by atoms with E-state index in [1.807, 2.05) is 0 Å². The SMILES string of the molecule is CC1C(N)(N)CCC(C)(C)C1(C)C. The number of rotatable bonds is 0. The van der Waals surface area contributed by atoms with E-state index in [1.54, 1.807) is 0 Å². The molecule has 13 heavy (non-hydrogen) atoms. The second kappa shape index (κ2) is 2.71. The van der Waals surface area contributed by atoms with Crippen LogP contribution < -0.4 is 11.5 Å². The number of nitrogens with two attached hydrogens (primary N) is 2. The van der Waals surface area contributed by atoms with Crippen LogP contribution in [-0.2, 0) is 0 Å². The highest BCUT2D eigenvalue weighted by molar-refractivity contribution is 5.03. The lowest BCUT2D eigenvalue weighted by Gasteiger charge is -2.56. The summed E-state index contributed by atoms with van der Waals surface area (Å²) < 4.78 is 0. The zero-order valence-electron chi connectivity index (χ0n) is 9.65. The van der Waals surface area contributed by atoms with Gasteiger partial charge in [-0.15, -0.1) is 0 Å². The second-order valence-corrected chi connectivity index (χ2v) is 5.94. The van der Waals surface area contributed by atoms with Gasteiger partial charge in [-0.3, -0.25) is 0 Å². The first kappa shape index (κ1) is 11.0. The molecule has 1 aliphatic carbocycles. The van der Waals surface area contributed by atoms with Crippen LogP contribution >= 0.6 is 0 Å². The van der Waals surface area contributed by atoms with E-state index in [-0.39, 0.29) is 5.41 Å². The van der Waals surface area contributed by atoms with Crippen molar-refractivity contribution in [3.8, 4) is 0 Å². The van der Waals surface area contributed by atoms with E-state index in [2.05, 4.69) is 34.6 Å². The summed E-state index contributed by atoms with van der Waals surface area (Å²) in [6.45, 7) is 11.4. The van der Waals surface area contributed by atoms with E-state index < -0.39 is 5.66 Å². The van der Waals surface area contributed by atoms with Gasteiger partial charge in [0.25, 0.3) is 0 Å². The monoisotopic (exact) mass is 184 g/mol. The van der Waals surface area contributed by atoms with Crippen molar-refractivity contribution in [3.63, 3.8) is 0 Å². The molecule has 0 spiro atoms. The first-order valence-corrected chi connectivity index (χ1v) is 5.19. The molecule has 4 N–H and O–H groups in total. The fourth-order valence-electron chi connectivity index (χ4n) is 2.33. The van der Waals surface area contributed by atoms with E-state index in [4.69, 9.17) is 11.5 Å². The van der Waals surface area contributed by atoms with Crippen molar-refractivity contribution in [1.82, 2.24) is 0 Å². The van der Waals surface area contributed by atoms with E-state index in [0.717, 1.165) is 12.8 Å². The molecule has 1 saturated carbocycles. The van der Waals surface area contributed by atoms with E-state index in [1.165, 1.54) is 0 Å². The van der Waals surface area contributed by atoms with E-state index in [0.29, 0.717) is 11.3 Å². The molecular formula is C11H24N2. The van der Waals surface area contributed by atoms with Gasteiger partial charge in [0.15, 0.2) is 0 Å². The van der Waals surface area contributed by atoms with Gasteiger partial charge in [0.05, 0.1) is 5.66 Å². The second-order valence-electron chi connectivity index (χ2n) is 5.94. The minimum absolute atomic E-state index is 0.217. The number of hydrogen-bond acceptors (Lipinski definition) is 2. The Balaban J connectivity index is 3.00. The third-order valence-corrected chi connectivity index (χ3v) is 4.82. The van der Waals surface area contributed by atoms with Crippen molar-refractivity contribution in [2.24, 2.45) is 28.2 Å². The zero-order valence-corrected chi connectivity index (χ0v) is 9.65. The van der Waals surface area contributed by atoms with Crippen LogP contribution in [0.4, 0.5) is 0 Å². The Morgan fingerprint density at radius 3 is 1.85 bits per heavy atom. The van der Waals surface area contributed by atoms with Crippen LogP contribution in [0.2, 0.25) is 0 Å². The third kappa shape index (κ3) is 1.50. The highest BCUT2D eigenvalue weighted by Gasteiger charge is 2.51. The van der Waals surface area contributed by atoms with Crippen molar-refractivity contribution < 1.29 is 0 Å². The molecule has 1 unspecified atom stereocenters. The molecule has 0 aromatic heterocycles. The molecule has 1 rings (SSSR count). The van der Waals surface area contributed by atoms with Gasteiger partial charge in [-0.25, -0.2) is 0 Å². The lowest BCUT2D eigenvalue weighted by Crippen LogP contribution is -2.64. The molecule has 0 heterocycles. The van der Waals surface area contributed by atoms with Crippen LogP contribution in [0, 0.1) is 16.7 Å². The number of hydrogen-bond donors (Lipinski definition) is 2. The van der Waals surface area contributed by atoms with Crippen molar-refractivity contribution in [1.29, 1.82) is 0 Å². The minimum Gasteiger partial charge on any atom is -0.313 e. The van der Waals surface area contributed by atoms with Gasteiger partial charge in [-0.1, -0.05) is 34.6 Å². The largest absolute Gasteiger partial charge is 0.313 e. The Morgan fingerprint density at radius 1 is 1.00 bits per heavy atom. The van der Waals surface area contributed by atoms with Crippen LogP contribution in [0.25, 0.3) is 0 Å². The Labute approximate surface area is 82.1 Å². The van der Waals surface area contributed by atoms with Crippen molar-refractivity contribution in [3.05, 3.63) is 0 Å². The highest BCUT2D eigenvalue weighted by Crippen LogP contribution is 2.54. The van der Waals surface area contributed by atoms with Crippen LogP contribution in [0.1, 0.15) is 47.5 Å². The summed E-state index contributed by atoms with van der Waals surface area (Å²) >= 11 is 0. The molecule has 2 nitrogen and oxygen atoms in total. The van der Waals surface area contributed by atoms with Gasteiger partial charge in [0.2, 0.25) is 0 Å². The fourth-order valence-corrected chi connectivity index (χ4v) is 2.33. The average Bonchev–Trinajstić information content (AvgIpc) is 1.97. The summed E-state index contributed by atoms with van der Waals surface area (Å²) in [4.78, 5) is 0. The standard InChI is InChI=1S/C11H24N2/c1-8-10(4,5)9(2,3)6-7-11(8,12)13/h8H,6-7,12-13H2,1-5H3. The predicted molar refractivity (Wildman–Crippen MR) is 57.1 cm³/mol. The Kier molecular flexibility index (Phi) is 2.29. The van der Waals surface area contributed by atoms with Crippen LogP contribution in [0.15, 0.2) is 0 Å². The van der Waals surface area contributed by atoms with Crippen molar-refractivity contribution in [2.45, 2.75) is 53.1 Å². The molecular weight excluding hydrogens is 160 g/mol. The molecule has 0 bridgehead atoms. The fraction of sp³-hybridized carbons (Fsp3) is 1.00. The molecule has 1 fully saturated rings. The quantitative estimate of drug-likeness (QED) is 0.566. The zero-order chi connectivity index (χ0) is 10.5. The molecule has 2 heteroatoms. The first-order valence-electron chi connectivity index (χ1n) is 5.19. The molecule has 1 atom stereocenters. The van der Waals surface area contributed by atoms with Gasteiger partial charge in [-0.2, -0.15) is 0 Å². The Bertz CT molecular complexity index is 204. The summed E-state index contributed by atoms with van der Waals surface area (Å²) in [5, 5.41) is 0. The third-order valence-electron chi connectivity index (χ3n) is 4.82. The van der Waals surface area contributed by atoms with Gasteiger partial charge in [0, 0.05) is 0 Å². The van der Waals surface area contributed by atoms with Crippen LogP contribution in [0.5, 0.6) is 0 Å². The predicted octanol–water partition coefficient (Wildman–Crippen LogP) is 2.08. The lowest BCUT2D eigenvalue weighted by molar-refractivity contribution is -0.0481. The van der Waals surface area contributed by atoms with E-state index in [9.17, 15) is 0 Å². The molecule has 0 aromatic rings. The average molecular weight is 184 g/mol.